The normalized spacial score (nSPS) is 10.9. The number of hydrogen-bond donors (Lipinski definition) is 0. The van der Waals surface area contributed by atoms with E-state index in [1.54, 1.807) is 0 Å². The Morgan fingerprint density at radius 2 is 2.15 bits per heavy atom. The van der Waals surface area contributed by atoms with E-state index in [0.29, 0.717) is 6.42 Å². The van der Waals surface area contributed by atoms with E-state index in [4.69, 9.17) is 6.42 Å². The second-order valence-electron chi connectivity index (χ2n) is 3.21. The van der Waals surface area contributed by atoms with Gasteiger partial charge in [-0.3, -0.25) is 0 Å². The Morgan fingerprint density at radius 1 is 1.38 bits per heavy atom. The van der Waals surface area contributed by atoms with Crippen molar-refractivity contribution in [3.05, 3.63) is 11.6 Å². The number of terminal acetylenes is 1. The lowest BCUT2D eigenvalue weighted by atomic mass is 10.1. The first-order valence-electron chi connectivity index (χ1n) is 4.84. The zero-order chi connectivity index (χ0) is 9.94. The van der Waals surface area contributed by atoms with Gasteiger partial charge in [-0.25, -0.2) is 0 Å². The predicted molar refractivity (Wildman–Crippen MR) is 56.4 cm³/mol. The summed E-state index contributed by atoms with van der Waals surface area (Å²) in [6.07, 6.45) is 14.1. The minimum atomic E-state index is 0.646. The number of unbranched alkanes of at least 4 members (excludes halogenated alkanes) is 3. The first-order chi connectivity index (χ1) is 6.31. The lowest BCUT2D eigenvalue weighted by molar-refractivity contribution is -0.107. The summed E-state index contributed by atoms with van der Waals surface area (Å²) in [6, 6.07) is 0. The molecule has 0 heterocycles. The standard InChI is InChI=1S/C12H18O/c1-3-4-5-6-7-9-12(2)10-8-11-13/h1,9,11H,4-8,10H2,2H3. The monoisotopic (exact) mass is 178 g/mol. The van der Waals surface area contributed by atoms with E-state index in [2.05, 4.69) is 18.9 Å². The third-order valence-corrected chi connectivity index (χ3v) is 1.92. The Bertz CT molecular complexity index is 196. The summed E-state index contributed by atoms with van der Waals surface area (Å²) in [5.74, 6) is 2.62. The quantitative estimate of drug-likeness (QED) is 0.253. The first kappa shape index (κ1) is 12.0. The maximum absolute atomic E-state index is 10.1. The number of aldehydes is 1. The molecule has 0 aliphatic carbocycles. The molecule has 0 N–H and O–H groups in total. The Hall–Kier alpha value is -1.03. The largest absolute Gasteiger partial charge is 0.303 e. The number of carbonyl (C=O) groups is 1. The van der Waals surface area contributed by atoms with Crippen LogP contribution >= 0.6 is 0 Å². The summed E-state index contributed by atoms with van der Waals surface area (Å²) in [4.78, 5) is 10.1. The molecule has 0 aliphatic rings. The van der Waals surface area contributed by atoms with Gasteiger partial charge in [0, 0.05) is 12.8 Å². The van der Waals surface area contributed by atoms with Gasteiger partial charge in [0.05, 0.1) is 0 Å². The molecule has 0 aliphatic heterocycles. The highest BCUT2D eigenvalue weighted by Crippen LogP contribution is 2.07. The van der Waals surface area contributed by atoms with Gasteiger partial charge in [-0.2, -0.15) is 0 Å². The third kappa shape index (κ3) is 8.88. The summed E-state index contributed by atoms with van der Waals surface area (Å²) in [5.41, 5.74) is 1.31. The van der Waals surface area contributed by atoms with Crippen LogP contribution in [0.15, 0.2) is 11.6 Å². The summed E-state index contributed by atoms with van der Waals surface area (Å²) < 4.78 is 0. The van der Waals surface area contributed by atoms with Crippen LogP contribution in [0.3, 0.4) is 0 Å². The van der Waals surface area contributed by atoms with Crippen molar-refractivity contribution >= 4 is 6.29 Å². The molecule has 0 atom stereocenters. The molecule has 13 heavy (non-hydrogen) atoms. The molecule has 0 saturated carbocycles. The minimum Gasteiger partial charge on any atom is -0.303 e. The van der Waals surface area contributed by atoms with E-state index in [-0.39, 0.29) is 0 Å². The molecule has 0 saturated heterocycles. The summed E-state index contributed by atoms with van der Waals surface area (Å²) in [6.45, 7) is 2.07. The Labute approximate surface area is 81.2 Å². The summed E-state index contributed by atoms with van der Waals surface area (Å²) in [7, 11) is 0. The molecule has 1 nitrogen and oxygen atoms in total. The molecule has 1 heteroatoms. The van der Waals surface area contributed by atoms with E-state index >= 15 is 0 Å². The minimum absolute atomic E-state index is 0.646. The summed E-state index contributed by atoms with van der Waals surface area (Å²) >= 11 is 0. The molecular formula is C12H18O. The molecule has 0 unspecified atom stereocenters. The van der Waals surface area contributed by atoms with Crippen molar-refractivity contribution in [3.8, 4) is 12.3 Å². The molecule has 0 rings (SSSR count). The van der Waals surface area contributed by atoms with Crippen molar-refractivity contribution in [2.45, 2.75) is 45.4 Å². The number of rotatable bonds is 7. The van der Waals surface area contributed by atoms with Gasteiger partial charge < -0.3 is 4.79 Å². The molecule has 0 aromatic heterocycles. The lowest BCUT2D eigenvalue weighted by Gasteiger charge is -1.97. The molecule has 72 valence electrons. The van der Waals surface area contributed by atoms with Crippen molar-refractivity contribution in [1.82, 2.24) is 0 Å². The van der Waals surface area contributed by atoms with Crippen molar-refractivity contribution < 1.29 is 4.79 Å². The highest BCUT2D eigenvalue weighted by atomic mass is 16.1. The third-order valence-electron chi connectivity index (χ3n) is 1.92. The molecular weight excluding hydrogens is 160 g/mol. The fraction of sp³-hybridized carbons (Fsp3) is 0.583. The highest BCUT2D eigenvalue weighted by Gasteiger charge is 1.89. The van der Waals surface area contributed by atoms with Gasteiger partial charge in [0.15, 0.2) is 0 Å². The maximum atomic E-state index is 10.1. The molecule has 0 fully saturated rings. The van der Waals surface area contributed by atoms with Crippen molar-refractivity contribution in [2.24, 2.45) is 0 Å². The van der Waals surface area contributed by atoms with Gasteiger partial charge in [-0.05, 0) is 32.6 Å². The molecule has 0 bridgehead atoms. The van der Waals surface area contributed by atoms with Crippen LogP contribution in [0.1, 0.15) is 45.4 Å². The van der Waals surface area contributed by atoms with E-state index in [9.17, 15) is 4.79 Å². The smallest absolute Gasteiger partial charge is 0.120 e. The van der Waals surface area contributed by atoms with E-state index in [1.165, 1.54) is 5.57 Å². The molecule has 0 spiro atoms. The topological polar surface area (TPSA) is 17.1 Å². The zero-order valence-electron chi connectivity index (χ0n) is 8.38. The molecule has 0 radical (unpaired) electrons. The fourth-order valence-corrected chi connectivity index (χ4v) is 1.11. The number of carbonyl (C=O) groups excluding carboxylic acids is 1. The van der Waals surface area contributed by atoms with Crippen molar-refractivity contribution in [3.63, 3.8) is 0 Å². The first-order valence-corrected chi connectivity index (χ1v) is 4.84. The molecule has 0 aromatic rings. The van der Waals surface area contributed by atoms with Crippen LogP contribution in [0.5, 0.6) is 0 Å². The van der Waals surface area contributed by atoms with Gasteiger partial charge in [-0.1, -0.05) is 11.6 Å². The van der Waals surface area contributed by atoms with Crippen LogP contribution < -0.4 is 0 Å². The van der Waals surface area contributed by atoms with Crippen LogP contribution in [-0.4, -0.2) is 6.29 Å². The van der Waals surface area contributed by atoms with Crippen molar-refractivity contribution in [1.29, 1.82) is 0 Å². The predicted octanol–water partition coefficient (Wildman–Crippen LogP) is 3.11. The lowest BCUT2D eigenvalue weighted by Crippen LogP contribution is -1.80. The van der Waals surface area contributed by atoms with Crippen LogP contribution in [0.25, 0.3) is 0 Å². The SMILES string of the molecule is C#CCCCCC=C(C)CCC=O. The Kier molecular flexibility index (Phi) is 8.34. The second-order valence-corrected chi connectivity index (χ2v) is 3.21. The summed E-state index contributed by atoms with van der Waals surface area (Å²) in [5, 5.41) is 0. The van der Waals surface area contributed by atoms with Crippen LogP contribution in [0.4, 0.5) is 0 Å². The highest BCUT2D eigenvalue weighted by molar-refractivity contribution is 5.49. The van der Waals surface area contributed by atoms with E-state index < -0.39 is 0 Å². The number of allylic oxidation sites excluding steroid dienone is 2. The van der Waals surface area contributed by atoms with E-state index in [0.717, 1.165) is 38.4 Å². The molecule has 0 aromatic carbocycles. The van der Waals surface area contributed by atoms with Gasteiger partial charge in [0.1, 0.15) is 6.29 Å². The van der Waals surface area contributed by atoms with Gasteiger partial charge in [0.25, 0.3) is 0 Å². The van der Waals surface area contributed by atoms with Crippen molar-refractivity contribution in [2.75, 3.05) is 0 Å². The average molecular weight is 178 g/mol. The van der Waals surface area contributed by atoms with Crippen LogP contribution in [0.2, 0.25) is 0 Å². The Morgan fingerprint density at radius 3 is 2.77 bits per heavy atom. The van der Waals surface area contributed by atoms with Crippen LogP contribution in [0, 0.1) is 12.3 Å². The van der Waals surface area contributed by atoms with Gasteiger partial charge >= 0.3 is 0 Å². The molecule has 0 amide bonds. The van der Waals surface area contributed by atoms with Crippen LogP contribution in [-0.2, 0) is 4.79 Å². The zero-order valence-corrected chi connectivity index (χ0v) is 8.38. The van der Waals surface area contributed by atoms with Gasteiger partial charge in [-0.15, -0.1) is 12.3 Å². The van der Waals surface area contributed by atoms with Gasteiger partial charge in [0.2, 0.25) is 0 Å². The Balaban J connectivity index is 3.37. The number of hydrogen-bond acceptors (Lipinski definition) is 1. The second kappa shape index (κ2) is 9.06. The average Bonchev–Trinajstić information content (AvgIpc) is 2.14. The fourth-order valence-electron chi connectivity index (χ4n) is 1.11. The van der Waals surface area contributed by atoms with E-state index in [1.807, 2.05) is 0 Å². The maximum Gasteiger partial charge on any atom is 0.120 e.